The molecule has 0 rings (SSSR count). The molecule has 0 aromatic carbocycles. The van der Waals surface area contributed by atoms with Gasteiger partial charge in [0.1, 0.15) is 5.33 Å². The SMILES string of the molecule is COC(OC(=O)CBr)C(C)(C)C. The molecule has 0 saturated carbocycles. The molecule has 0 heterocycles. The topological polar surface area (TPSA) is 35.5 Å². The summed E-state index contributed by atoms with van der Waals surface area (Å²) in [5.74, 6) is -0.309. The molecule has 12 heavy (non-hydrogen) atoms. The van der Waals surface area contributed by atoms with Crippen molar-refractivity contribution in [1.29, 1.82) is 0 Å². The van der Waals surface area contributed by atoms with Crippen molar-refractivity contribution in [2.24, 2.45) is 5.41 Å². The number of esters is 1. The van der Waals surface area contributed by atoms with Gasteiger partial charge in [0.2, 0.25) is 6.29 Å². The van der Waals surface area contributed by atoms with Crippen molar-refractivity contribution < 1.29 is 14.3 Å². The number of rotatable bonds is 3. The van der Waals surface area contributed by atoms with E-state index < -0.39 is 6.29 Å². The van der Waals surface area contributed by atoms with Crippen molar-refractivity contribution in [2.45, 2.75) is 27.1 Å². The van der Waals surface area contributed by atoms with Crippen LogP contribution >= 0.6 is 15.9 Å². The van der Waals surface area contributed by atoms with Crippen LogP contribution in [0.25, 0.3) is 0 Å². The number of halogens is 1. The quantitative estimate of drug-likeness (QED) is 0.429. The van der Waals surface area contributed by atoms with E-state index in [0.29, 0.717) is 0 Å². The minimum Gasteiger partial charge on any atom is -0.435 e. The molecule has 1 unspecified atom stereocenters. The Labute approximate surface area is 81.6 Å². The van der Waals surface area contributed by atoms with Gasteiger partial charge in [0.25, 0.3) is 0 Å². The number of hydrogen-bond donors (Lipinski definition) is 0. The van der Waals surface area contributed by atoms with Gasteiger partial charge in [-0.2, -0.15) is 0 Å². The van der Waals surface area contributed by atoms with E-state index in [-0.39, 0.29) is 16.7 Å². The van der Waals surface area contributed by atoms with Gasteiger partial charge in [-0.25, -0.2) is 0 Å². The standard InChI is InChI=1S/C8H15BrO3/c1-8(2,3)7(11-4)12-6(10)5-9/h7H,5H2,1-4H3. The molecule has 0 aliphatic heterocycles. The highest BCUT2D eigenvalue weighted by Gasteiger charge is 2.27. The normalized spacial score (nSPS) is 14.1. The molecule has 0 aromatic heterocycles. The van der Waals surface area contributed by atoms with Gasteiger partial charge in [0.15, 0.2) is 0 Å². The summed E-state index contributed by atoms with van der Waals surface area (Å²) < 4.78 is 10.0. The minimum atomic E-state index is -0.484. The third kappa shape index (κ3) is 4.07. The van der Waals surface area contributed by atoms with Crippen molar-refractivity contribution in [3.63, 3.8) is 0 Å². The van der Waals surface area contributed by atoms with Crippen LogP contribution in [0.15, 0.2) is 0 Å². The fourth-order valence-electron chi connectivity index (χ4n) is 0.729. The van der Waals surface area contributed by atoms with Crippen molar-refractivity contribution in [3.05, 3.63) is 0 Å². The lowest BCUT2D eigenvalue weighted by molar-refractivity contribution is -0.192. The Hall–Kier alpha value is -0.0900. The first-order valence-electron chi connectivity index (χ1n) is 3.70. The van der Waals surface area contributed by atoms with E-state index in [9.17, 15) is 4.79 Å². The number of alkyl halides is 1. The molecule has 0 radical (unpaired) electrons. The fourth-order valence-corrected chi connectivity index (χ4v) is 0.861. The summed E-state index contributed by atoms with van der Waals surface area (Å²) in [6, 6.07) is 0. The second-order valence-corrected chi connectivity index (χ2v) is 4.12. The third-order valence-electron chi connectivity index (χ3n) is 1.27. The van der Waals surface area contributed by atoms with E-state index in [2.05, 4.69) is 15.9 Å². The lowest BCUT2D eigenvalue weighted by Gasteiger charge is -2.28. The predicted octanol–water partition coefficient (Wildman–Crippen LogP) is 1.94. The number of ether oxygens (including phenoxy) is 2. The zero-order chi connectivity index (χ0) is 9.78. The van der Waals surface area contributed by atoms with Crippen LogP contribution in [-0.4, -0.2) is 24.7 Å². The monoisotopic (exact) mass is 238 g/mol. The lowest BCUT2D eigenvalue weighted by atomic mass is 9.96. The molecule has 0 fully saturated rings. The van der Waals surface area contributed by atoms with E-state index in [1.165, 1.54) is 7.11 Å². The van der Waals surface area contributed by atoms with Crippen LogP contribution in [0.3, 0.4) is 0 Å². The molecule has 0 saturated heterocycles. The Kier molecular flexibility index (Phi) is 4.78. The largest absolute Gasteiger partial charge is 0.435 e. The van der Waals surface area contributed by atoms with Crippen LogP contribution in [0.1, 0.15) is 20.8 Å². The Morgan fingerprint density at radius 2 is 2.00 bits per heavy atom. The van der Waals surface area contributed by atoms with Crippen molar-refractivity contribution in [1.82, 2.24) is 0 Å². The zero-order valence-corrected chi connectivity index (χ0v) is 9.47. The van der Waals surface area contributed by atoms with Gasteiger partial charge in [-0.1, -0.05) is 36.7 Å². The van der Waals surface area contributed by atoms with Gasteiger partial charge in [0, 0.05) is 12.5 Å². The van der Waals surface area contributed by atoms with E-state index in [4.69, 9.17) is 9.47 Å². The Bertz CT molecular complexity index is 151. The van der Waals surface area contributed by atoms with Crippen LogP contribution in [0.5, 0.6) is 0 Å². The summed E-state index contributed by atoms with van der Waals surface area (Å²) in [4.78, 5) is 10.9. The van der Waals surface area contributed by atoms with Gasteiger partial charge in [0.05, 0.1) is 0 Å². The molecule has 0 aliphatic rings. The number of hydrogen-bond acceptors (Lipinski definition) is 3. The van der Waals surface area contributed by atoms with E-state index in [1.54, 1.807) is 0 Å². The van der Waals surface area contributed by atoms with Crippen LogP contribution in [-0.2, 0) is 14.3 Å². The van der Waals surface area contributed by atoms with Crippen LogP contribution < -0.4 is 0 Å². The summed E-state index contributed by atoms with van der Waals surface area (Å²) in [6.45, 7) is 5.84. The second kappa shape index (κ2) is 4.82. The minimum absolute atomic E-state index is 0.188. The zero-order valence-electron chi connectivity index (χ0n) is 7.89. The molecular formula is C8H15BrO3. The van der Waals surface area contributed by atoms with Crippen molar-refractivity contribution in [3.8, 4) is 0 Å². The van der Waals surface area contributed by atoms with Gasteiger partial charge < -0.3 is 9.47 Å². The number of methoxy groups -OCH3 is 1. The molecule has 0 amide bonds. The van der Waals surface area contributed by atoms with Crippen molar-refractivity contribution in [2.75, 3.05) is 12.4 Å². The van der Waals surface area contributed by atoms with Gasteiger partial charge in [-0.05, 0) is 0 Å². The first-order valence-corrected chi connectivity index (χ1v) is 4.82. The van der Waals surface area contributed by atoms with Crippen LogP contribution in [0, 0.1) is 5.41 Å². The summed E-state index contributed by atoms with van der Waals surface area (Å²) in [7, 11) is 1.53. The molecule has 0 spiro atoms. The number of carbonyl (C=O) groups excluding carboxylic acids is 1. The fraction of sp³-hybridized carbons (Fsp3) is 0.875. The second-order valence-electron chi connectivity index (χ2n) is 3.56. The third-order valence-corrected chi connectivity index (χ3v) is 1.73. The summed E-state index contributed by atoms with van der Waals surface area (Å²) in [5.41, 5.74) is -0.188. The van der Waals surface area contributed by atoms with Gasteiger partial charge in [-0.3, -0.25) is 4.79 Å². The van der Waals surface area contributed by atoms with E-state index >= 15 is 0 Å². The van der Waals surface area contributed by atoms with E-state index in [1.807, 2.05) is 20.8 Å². The molecule has 0 aromatic rings. The maximum Gasteiger partial charge on any atom is 0.318 e. The molecule has 0 N–H and O–H groups in total. The van der Waals surface area contributed by atoms with Crippen LogP contribution in [0.2, 0.25) is 0 Å². The highest BCUT2D eigenvalue weighted by Crippen LogP contribution is 2.22. The maximum absolute atomic E-state index is 10.9. The van der Waals surface area contributed by atoms with Gasteiger partial charge in [-0.15, -0.1) is 0 Å². The number of carbonyl (C=O) groups is 1. The molecule has 4 heteroatoms. The predicted molar refractivity (Wildman–Crippen MR) is 50.1 cm³/mol. The first kappa shape index (κ1) is 11.9. The highest BCUT2D eigenvalue weighted by atomic mass is 79.9. The van der Waals surface area contributed by atoms with Gasteiger partial charge >= 0.3 is 5.97 Å². The average molecular weight is 239 g/mol. The maximum atomic E-state index is 10.9. The lowest BCUT2D eigenvalue weighted by Crippen LogP contribution is -2.33. The van der Waals surface area contributed by atoms with Crippen LogP contribution in [0.4, 0.5) is 0 Å². The average Bonchev–Trinajstić information content (AvgIpc) is 1.97. The van der Waals surface area contributed by atoms with E-state index in [0.717, 1.165) is 0 Å². The summed E-state index contributed by atoms with van der Waals surface area (Å²) in [6.07, 6.45) is -0.484. The Balaban J connectivity index is 4.09. The Morgan fingerprint density at radius 1 is 1.50 bits per heavy atom. The summed E-state index contributed by atoms with van der Waals surface area (Å²) >= 11 is 3.01. The molecule has 0 bridgehead atoms. The molecule has 0 aliphatic carbocycles. The highest BCUT2D eigenvalue weighted by molar-refractivity contribution is 9.09. The Morgan fingerprint density at radius 3 is 2.25 bits per heavy atom. The smallest absolute Gasteiger partial charge is 0.318 e. The molecule has 1 atom stereocenters. The van der Waals surface area contributed by atoms with Crippen molar-refractivity contribution >= 4 is 21.9 Å². The molecule has 72 valence electrons. The first-order chi connectivity index (χ1) is 5.41. The molecular weight excluding hydrogens is 224 g/mol. The summed E-state index contributed by atoms with van der Waals surface area (Å²) in [5, 5.41) is 0.197. The molecule has 3 nitrogen and oxygen atoms in total.